The molecule has 8 heteroatoms. The zero-order chi connectivity index (χ0) is 18.6. The Hall–Kier alpha value is -2.09. The number of aromatic nitrogens is 1. The zero-order valence-corrected chi connectivity index (χ0v) is 15.3. The van der Waals surface area contributed by atoms with E-state index in [4.69, 9.17) is 0 Å². The summed E-state index contributed by atoms with van der Waals surface area (Å²) in [5.41, 5.74) is 0.666. The molecule has 3 rings (SSSR count). The molecule has 1 aromatic carbocycles. The minimum Gasteiger partial charge on any atom is -0.356 e. The average molecular weight is 382 g/mol. The highest BCUT2D eigenvalue weighted by molar-refractivity contribution is 7.09. The van der Waals surface area contributed by atoms with Crippen molar-refractivity contribution in [3.05, 3.63) is 52.0 Å². The fourth-order valence-corrected chi connectivity index (χ4v) is 3.63. The van der Waals surface area contributed by atoms with Gasteiger partial charge in [-0.25, -0.2) is 4.98 Å². The Morgan fingerprint density at radius 3 is 2.54 bits per heavy atom. The van der Waals surface area contributed by atoms with Gasteiger partial charge in [-0.2, -0.15) is 13.2 Å². The van der Waals surface area contributed by atoms with Crippen LogP contribution in [0.15, 0.2) is 40.7 Å². The maximum atomic E-state index is 12.6. The van der Waals surface area contributed by atoms with Crippen LogP contribution in [0.2, 0.25) is 0 Å². The molecule has 0 saturated heterocycles. The quantitative estimate of drug-likeness (QED) is 0.593. The average Bonchev–Trinajstić information content (AvgIpc) is 3.26. The van der Waals surface area contributed by atoms with Crippen molar-refractivity contribution >= 4 is 17.3 Å². The Morgan fingerprint density at radius 2 is 1.96 bits per heavy atom. The van der Waals surface area contributed by atoms with Crippen molar-refractivity contribution in [1.29, 1.82) is 0 Å². The molecule has 1 fully saturated rings. The Bertz CT molecular complexity index is 751. The number of nitrogens with one attached hydrogen (secondary N) is 2. The second kappa shape index (κ2) is 7.65. The van der Waals surface area contributed by atoms with Gasteiger partial charge in [-0.3, -0.25) is 4.99 Å². The van der Waals surface area contributed by atoms with E-state index in [0.717, 1.165) is 36.1 Å². The molecule has 2 N–H and O–H groups in total. The Labute approximate surface area is 154 Å². The monoisotopic (exact) mass is 382 g/mol. The SMILES string of the molecule is CN=C(NCCc1nc(C(F)(F)F)cs1)NCC1(c2ccccc2)CC1. The number of thiazole rings is 1. The van der Waals surface area contributed by atoms with E-state index in [-0.39, 0.29) is 5.41 Å². The molecule has 1 saturated carbocycles. The molecular weight excluding hydrogens is 361 g/mol. The van der Waals surface area contributed by atoms with Crippen LogP contribution in [0.5, 0.6) is 0 Å². The van der Waals surface area contributed by atoms with Gasteiger partial charge in [0, 0.05) is 37.4 Å². The second-order valence-electron chi connectivity index (χ2n) is 6.37. The van der Waals surface area contributed by atoms with Crippen molar-refractivity contribution in [3.63, 3.8) is 0 Å². The van der Waals surface area contributed by atoms with Gasteiger partial charge in [-0.05, 0) is 18.4 Å². The van der Waals surface area contributed by atoms with Gasteiger partial charge in [0.1, 0.15) is 0 Å². The van der Waals surface area contributed by atoms with Crippen LogP contribution in [0.25, 0.3) is 0 Å². The van der Waals surface area contributed by atoms with Crippen LogP contribution < -0.4 is 10.6 Å². The normalized spacial score (nSPS) is 16.4. The van der Waals surface area contributed by atoms with Crippen molar-refractivity contribution in [1.82, 2.24) is 15.6 Å². The lowest BCUT2D eigenvalue weighted by atomic mass is 9.96. The predicted octanol–water partition coefficient (Wildman–Crippen LogP) is 3.60. The number of rotatable bonds is 6. The van der Waals surface area contributed by atoms with E-state index in [2.05, 4.69) is 32.7 Å². The number of hydrogen-bond acceptors (Lipinski definition) is 3. The van der Waals surface area contributed by atoms with Crippen molar-refractivity contribution in [2.45, 2.75) is 30.9 Å². The first kappa shape index (κ1) is 18.7. The fourth-order valence-electron chi connectivity index (χ4n) is 2.83. The molecular formula is C18H21F3N4S. The third-order valence-corrected chi connectivity index (χ3v) is 5.44. The highest BCUT2D eigenvalue weighted by Crippen LogP contribution is 2.47. The molecule has 1 aromatic heterocycles. The smallest absolute Gasteiger partial charge is 0.356 e. The molecule has 2 aromatic rings. The summed E-state index contributed by atoms with van der Waals surface area (Å²) in [5, 5.41) is 7.99. The maximum Gasteiger partial charge on any atom is 0.434 e. The van der Waals surface area contributed by atoms with Crippen molar-refractivity contribution < 1.29 is 13.2 Å². The lowest BCUT2D eigenvalue weighted by Crippen LogP contribution is -2.41. The molecule has 0 bridgehead atoms. The number of benzene rings is 1. The van der Waals surface area contributed by atoms with E-state index in [1.807, 2.05) is 18.2 Å². The molecule has 0 unspecified atom stereocenters. The van der Waals surface area contributed by atoms with E-state index < -0.39 is 11.9 Å². The summed E-state index contributed by atoms with van der Waals surface area (Å²) < 4.78 is 37.7. The number of hydrogen-bond donors (Lipinski definition) is 2. The van der Waals surface area contributed by atoms with Crippen LogP contribution in [-0.2, 0) is 18.0 Å². The molecule has 1 heterocycles. The fraction of sp³-hybridized carbons (Fsp3) is 0.444. The first-order chi connectivity index (χ1) is 12.4. The summed E-state index contributed by atoms with van der Waals surface area (Å²) in [6, 6.07) is 10.4. The number of guanidine groups is 1. The van der Waals surface area contributed by atoms with Crippen molar-refractivity contribution in [3.8, 4) is 0 Å². The minimum absolute atomic E-state index is 0.162. The molecule has 140 valence electrons. The van der Waals surface area contributed by atoms with Gasteiger partial charge in [-0.1, -0.05) is 30.3 Å². The standard InChI is InChI=1S/C18H21F3N4S/c1-22-16(23-10-7-15-25-14(11-26-15)18(19,20)21)24-12-17(8-9-17)13-5-3-2-4-6-13/h2-6,11H,7-10,12H2,1H3,(H2,22,23,24). The van der Waals surface area contributed by atoms with Crippen molar-refractivity contribution in [2.75, 3.05) is 20.1 Å². The molecule has 0 atom stereocenters. The van der Waals surface area contributed by atoms with Gasteiger partial charge in [-0.15, -0.1) is 11.3 Å². The van der Waals surface area contributed by atoms with Gasteiger partial charge in [0.05, 0.1) is 5.01 Å². The summed E-state index contributed by atoms with van der Waals surface area (Å²) in [6.07, 6.45) is -1.68. The van der Waals surface area contributed by atoms with E-state index in [1.165, 1.54) is 5.56 Å². The van der Waals surface area contributed by atoms with Crippen LogP contribution >= 0.6 is 11.3 Å². The Kier molecular flexibility index (Phi) is 5.50. The summed E-state index contributed by atoms with van der Waals surface area (Å²) in [5.74, 6) is 0.653. The second-order valence-corrected chi connectivity index (χ2v) is 7.32. The number of nitrogens with zero attached hydrogens (tertiary/aromatic N) is 2. The summed E-state index contributed by atoms with van der Waals surface area (Å²) in [6.45, 7) is 1.26. The van der Waals surface area contributed by atoms with Crippen LogP contribution in [0, 0.1) is 0 Å². The summed E-state index contributed by atoms with van der Waals surface area (Å²) in [4.78, 5) is 7.82. The first-order valence-corrected chi connectivity index (χ1v) is 9.33. The van der Waals surface area contributed by atoms with Gasteiger partial charge < -0.3 is 10.6 Å². The number of aliphatic imine (C=N–C) groups is 1. The van der Waals surface area contributed by atoms with Crippen LogP contribution in [0.1, 0.15) is 29.1 Å². The molecule has 1 aliphatic rings. The Morgan fingerprint density at radius 1 is 1.23 bits per heavy atom. The summed E-state index contributed by atoms with van der Waals surface area (Å²) >= 11 is 1.03. The highest BCUT2D eigenvalue weighted by atomic mass is 32.1. The van der Waals surface area contributed by atoms with Gasteiger partial charge in [0.15, 0.2) is 11.7 Å². The van der Waals surface area contributed by atoms with Gasteiger partial charge in [0.2, 0.25) is 0 Å². The topological polar surface area (TPSA) is 49.3 Å². The van der Waals surface area contributed by atoms with Crippen LogP contribution in [0.4, 0.5) is 13.2 Å². The van der Waals surface area contributed by atoms with E-state index in [1.54, 1.807) is 7.05 Å². The maximum absolute atomic E-state index is 12.6. The largest absolute Gasteiger partial charge is 0.434 e. The van der Waals surface area contributed by atoms with E-state index in [9.17, 15) is 13.2 Å². The summed E-state index contributed by atoms with van der Waals surface area (Å²) in [7, 11) is 1.68. The lowest BCUT2D eigenvalue weighted by Gasteiger charge is -2.19. The van der Waals surface area contributed by atoms with Gasteiger partial charge >= 0.3 is 6.18 Å². The minimum atomic E-state index is -4.38. The molecule has 0 aliphatic heterocycles. The third kappa shape index (κ3) is 4.55. The molecule has 0 spiro atoms. The van der Waals surface area contributed by atoms with Gasteiger partial charge in [0.25, 0.3) is 0 Å². The number of alkyl halides is 3. The van der Waals surface area contributed by atoms with Crippen molar-refractivity contribution in [2.24, 2.45) is 4.99 Å². The predicted molar refractivity (Wildman–Crippen MR) is 97.5 cm³/mol. The van der Waals surface area contributed by atoms with E-state index >= 15 is 0 Å². The highest BCUT2D eigenvalue weighted by Gasteiger charge is 2.44. The molecule has 26 heavy (non-hydrogen) atoms. The molecule has 1 aliphatic carbocycles. The van der Waals surface area contributed by atoms with Crippen LogP contribution in [-0.4, -0.2) is 31.1 Å². The van der Waals surface area contributed by atoms with E-state index in [0.29, 0.717) is 23.9 Å². The number of halogens is 3. The zero-order valence-electron chi connectivity index (χ0n) is 14.4. The molecule has 0 amide bonds. The molecule has 4 nitrogen and oxygen atoms in total. The third-order valence-electron chi connectivity index (χ3n) is 4.53. The van der Waals surface area contributed by atoms with Crippen LogP contribution in [0.3, 0.4) is 0 Å². The Balaban J connectivity index is 1.46. The molecule has 0 radical (unpaired) electrons. The lowest BCUT2D eigenvalue weighted by molar-refractivity contribution is -0.140. The first-order valence-electron chi connectivity index (χ1n) is 8.45.